The van der Waals surface area contributed by atoms with E-state index >= 15 is 0 Å². The summed E-state index contributed by atoms with van der Waals surface area (Å²) in [4.78, 5) is 38.3. The van der Waals surface area contributed by atoms with Crippen molar-refractivity contribution in [3.63, 3.8) is 0 Å². The summed E-state index contributed by atoms with van der Waals surface area (Å²) in [5, 5.41) is 0. The molecule has 0 aliphatic heterocycles. The largest absolute Gasteiger partial charge is 0.462 e. The Labute approximate surface area is 505 Å². The predicted molar refractivity (Wildman–Crippen MR) is 353 cm³/mol. The summed E-state index contributed by atoms with van der Waals surface area (Å²) < 4.78 is 16.9. The van der Waals surface area contributed by atoms with Gasteiger partial charge in [0.2, 0.25) is 0 Å². The minimum atomic E-state index is -0.771. The van der Waals surface area contributed by atoms with Crippen molar-refractivity contribution < 1.29 is 28.6 Å². The smallest absolute Gasteiger partial charge is 0.306 e. The second kappa shape index (κ2) is 69.9. The maximum atomic E-state index is 12.9. The fraction of sp³-hybridized carbons (Fsp3) is 0.853. The van der Waals surface area contributed by atoms with Gasteiger partial charge in [0.15, 0.2) is 6.10 Å². The van der Waals surface area contributed by atoms with E-state index in [9.17, 15) is 14.4 Å². The first kappa shape index (κ1) is 78.4. The standard InChI is InChI=1S/C75H138O6/c1-4-7-10-13-16-19-21-23-25-27-29-30-31-32-33-34-35-36-37-38-39-40-41-42-43-44-46-47-49-51-53-56-59-62-65-68-74(77)80-71-72(70-79-73(76)67-64-61-58-55-18-15-12-9-6-3)81-75(78)69-66-63-60-57-54-52-50-48-45-28-26-24-22-20-17-14-11-8-5-2/h17,20-21,23-24,26-27,29,72H,4-16,18-19,22,25,28,30-71H2,1-3H3/b20-17-,23-21-,26-24-,29-27-. The first-order valence-electron chi connectivity index (χ1n) is 36.1. The van der Waals surface area contributed by atoms with Crippen LogP contribution in [0.25, 0.3) is 0 Å². The number of rotatable bonds is 67. The Bertz CT molecular complexity index is 1400. The average molecular weight is 1140 g/mol. The molecular formula is C75H138O6. The van der Waals surface area contributed by atoms with E-state index in [2.05, 4.69) is 69.4 Å². The quantitative estimate of drug-likeness (QED) is 0.0261. The Kier molecular flexibility index (Phi) is 67.6. The molecule has 1 atom stereocenters. The van der Waals surface area contributed by atoms with Crippen LogP contribution >= 0.6 is 0 Å². The molecule has 0 radical (unpaired) electrons. The second-order valence-corrected chi connectivity index (χ2v) is 24.5. The third-order valence-corrected chi connectivity index (χ3v) is 16.3. The molecule has 0 aromatic carbocycles. The lowest BCUT2D eigenvalue weighted by molar-refractivity contribution is -0.167. The molecule has 1 unspecified atom stereocenters. The van der Waals surface area contributed by atoms with Crippen molar-refractivity contribution >= 4 is 17.9 Å². The number of esters is 3. The highest BCUT2D eigenvalue weighted by atomic mass is 16.6. The van der Waals surface area contributed by atoms with Gasteiger partial charge in [0.25, 0.3) is 0 Å². The number of carbonyl (C=O) groups is 3. The lowest BCUT2D eigenvalue weighted by Crippen LogP contribution is -2.30. The molecule has 474 valence electrons. The zero-order valence-corrected chi connectivity index (χ0v) is 54.6. The Balaban J connectivity index is 4.01. The lowest BCUT2D eigenvalue weighted by Gasteiger charge is -2.18. The van der Waals surface area contributed by atoms with Crippen molar-refractivity contribution in [2.75, 3.05) is 13.2 Å². The zero-order chi connectivity index (χ0) is 58.5. The van der Waals surface area contributed by atoms with E-state index in [0.29, 0.717) is 19.3 Å². The second-order valence-electron chi connectivity index (χ2n) is 24.5. The molecule has 81 heavy (non-hydrogen) atoms. The highest BCUT2D eigenvalue weighted by Crippen LogP contribution is 2.18. The van der Waals surface area contributed by atoms with Crippen LogP contribution in [0.1, 0.15) is 393 Å². The van der Waals surface area contributed by atoms with Crippen LogP contribution in [0.5, 0.6) is 0 Å². The van der Waals surface area contributed by atoms with Gasteiger partial charge < -0.3 is 14.2 Å². The van der Waals surface area contributed by atoms with E-state index in [4.69, 9.17) is 14.2 Å². The van der Waals surface area contributed by atoms with Crippen LogP contribution in [0.4, 0.5) is 0 Å². The Morgan fingerprint density at radius 2 is 0.444 bits per heavy atom. The molecule has 0 aromatic rings. The van der Waals surface area contributed by atoms with Crippen LogP contribution in [-0.4, -0.2) is 37.2 Å². The van der Waals surface area contributed by atoms with Crippen molar-refractivity contribution in [1.29, 1.82) is 0 Å². The molecule has 0 aliphatic rings. The van der Waals surface area contributed by atoms with Gasteiger partial charge in [-0.25, -0.2) is 0 Å². The van der Waals surface area contributed by atoms with E-state index in [0.717, 1.165) is 70.6 Å². The van der Waals surface area contributed by atoms with Gasteiger partial charge >= 0.3 is 17.9 Å². The number of ether oxygens (including phenoxy) is 3. The van der Waals surface area contributed by atoms with Crippen molar-refractivity contribution in [3.05, 3.63) is 48.6 Å². The van der Waals surface area contributed by atoms with E-state index in [1.165, 1.54) is 283 Å². The molecule has 0 saturated heterocycles. The molecule has 0 N–H and O–H groups in total. The minimum absolute atomic E-state index is 0.0692. The van der Waals surface area contributed by atoms with Crippen molar-refractivity contribution in [1.82, 2.24) is 0 Å². The molecule has 0 amide bonds. The fourth-order valence-corrected chi connectivity index (χ4v) is 10.9. The van der Waals surface area contributed by atoms with Crippen molar-refractivity contribution in [2.45, 2.75) is 399 Å². The number of unbranched alkanes of at least 4 members (excludes halogenated alkanes) is 48. The highest BCUT2D eigenvalue weighted by molar-refractivity contribution is 5.71. The van der Waals surface area contributed by atoms with Gasteiger partial charge in [-0.15, -0.1) is 0 Å². The Hall–Kier alpha value is -2.63. The zero-order valence-electron chi connectivity index (χ0n) is 54.6. The third-order valence-electron chi connectivity index (χ3n) is 16.3. The maximum absolute atomic E-state index is 12.9. The van der Waals surface area contributed by atoms with E-state index in [-0.39, 0.29) is 31.1 Å². The van der Waals surface area contributed by atoms with Gasteiger partial charge in [-0.3, -0.25) is 14.4 Å². The predicted octanol–water partition coefficient (Wildman–Crippen LogP) is 24.9. The van der Waals surface area contributed by atoms with Gasteiger partial charge in [0.05, 0.1) is 0 Å². The van der Waals surface area contributed by atoms with Gasteiger partial charge in [0, 0.05) is 19.3 Å². The molecule has 0 fully saturated rings. The lowest BCUT2D eigenvalue weighted by atomic mass is 10.0. The SMILES string of the molecule is CCCCC/C=C\C/C=C\CCCCCCCCCCCC(=O)OC(COC(=O)CCCCCCCCCCC)COC(=O)CCCCCCCCCCCCCCCCCCCCCCCCC/C=C\C/C=C\CCCCCCC. The molecule has 0 heterocycles. The summed E-state index contributed by atoms with van der Waals surface area (Å²) in [6, 6.07) is 0. The summed E-state index contributed by atoms with van der Waals surface area (Å²) >= 11 is 0. The van der Waals surface area contributed by atoms with Crippen molar-refractivity contribution in [2.24, 2.45) is 0 Å². The van der Waals surface area contributed by atoms with Crippen LogP contribution < -0.4 is 0 Å². The molecule has 0 rings (SSSR count). The van der Waals surface area contributed by atoms with Gasteiger partial charge in [-0.2, -0.15) is 0 Å². The fourth-order valence-electron chi connectivity index (χ4n) is 10.9. The first-order valence-corrected chi connectivity index (χ1v) is 36.1. The van der Waals surface area contributed by atoms with Crippen LogP contribution in [-0.2, 0) is 28.6 Å². The summed E-state index contributed by atoms with van der Waals surface area (Å²) in [6.45, 7) is 6.64. The molecule has 0 bridgehead atoms. The van der Waals surface area contributed by atoms with E-state index in [1.54, 1.807) is 0 Å². The minimum Gasteiger partial charge on any atom is -0.462 e. The molecule has 0 saturated carbocycles. The Morgan fingerprint density at radius 3 is 0.704 bits per heavy atom. The third kappa shape index (κ3) is 68.0. The van der Waals surface area contributed by atoms with Gasteiger partial charge in [0.1, 0.15) is 13.2 Å². The maximum Gasteiger partial charge on any atom is 0.306 e. The summed E-state index contributed by atoms with van der Waals surface area (Å²) in [5.74, 6) is -0.852. The summed E-state index contributed by atoms with van der Waals surface area (Å²) in [5.41, 5.74) is 0. The molecule has 6 nitrogen and oxygen atoms in total. The number of allylic oxidation sites excluding steroid dienone is 8. The summed E-state index contributed by atoms with van der Waals surface area (Å²) in [7, 11) is 0. The van der Waals surface area contributed by atoms with Crippen molar-refractivity contribution in [3.8, 4) is 0 Å². The van der Waals surface area contributed by atoms with E-state index < -0.39 is 6.10 Å². The van der Waals surface area contributed by atoms with E-state index in [1.807, 2.05) is 0 Å². The normalized spacial score (nSPS) is 12.3. The first-order chi connectivity index (χ1) is 40.0. The van der Waals surface area contributed by atoms with Gasteiger partial charge in [-0.05, 0) is 83.5 Å². The number of hydrogen-bond donors (Lipinski definition) is 0. The molecule has 6 heteroatoms. The number of carbonyl (C=O) groups excluding carboxylic acids is 3. The Morgan fingerprint density at radius 1 is 0.247 bits per heavy atom. The van der Waals surface area contributed by atoms with Crippen LogP contribution in [0.2, 0.25) is 0 Å². The highest BCUT2D eigenvalue weighted by Gasteiger charge is 2.19. The molecule has 0 aliphatic carbocycles. The van der Waals surface area contributed by atoms with Crippen LogP contribution in [0.15, 0.2) is 48.6 Å². The van der Waals surface area contributed by atoms with Gasteiger partial charge in [-0.1, -0.05) is 339 Å². The average Bonchev–Trinajstić information content (AvgIpc) is 3.47. The summed E-state index contributed by atoms with van der Waals surface area (Å²) in [6.07, 6.45) is 88.9. The van der Waals surface area contributed by atoms with Crippen LogP contribution in [0.3, 0.4) is 0 Å². The molecule has 0 spiro atoms. The number of hydrogen-bond acceptors (Lipinski definition) is 6. The monoisotopic (exact) mass is 1140 g/mol. The van der Waals surface area contributed by atoms with Crippen LogP contribution in [0, 0.1) is 0 Å². The molecular weight excluding hydrogens is 997 g/mol. The molecule has 0 aromatic heterocycles. The topological polar surface area (TPSA) is 78.9 Å².